The quantitative estimate of drug-likeness (QED) is 0.538. The van der Waals surface area contributed by atoms with Crippen molar-refractivity contribution in [2.24, 2.45) is 7.05 Å². The first-order chi connectivity index (χ1) is 16.0. The lowest BCUT2D eigenvalue weighted by molar-refractivity contribution is -0.119. The van der Waals surface area contributed by atoms with Gasteiger partial charge in [-0.25, -0.2) is 4.79 Å². The molecule has 1 aromatic carbocycles. The highest BCUT2D eigenvalue weighted by atomic mass is 32.1. The fourth-order valence-corrected chi connectivity index (χ4v) is 5.12. The van der Waals surface area contributed by atoms with Gasteiger partial charge < -0.3 is 24.3 Å². The molecule has 9 heteroatoms. The Hall–Kier alpha value is -3.43. The first kappa shape index (κ1) is 22.8. The minimum Gasteiger partial charge on any atom is -0.464 e. The van der Waals surface area contributed by atoms with Crippen LogP contribution >= 0.6 is 11.3 Å². The standard InChI is InChI=1S/C24H25N3O5S/c1-26-14-15(13-18(26)24(30)32-3)25-22(28)20-16-7-4-5-8-17(16)23(29)27(10-11-31-2)21(20)19-9-6-12-33-19/h4-9,12-14,20-21H,10-11H2,1-3H3,(H,25,28). The second-order valence-corrected chi connectivity index (χ2v) is 8.70. The third-order valence-corrected chi connectivity index (χ3v) is 6.70. The van der Waals surface area contributed by atoms with Gasteiger partial charge in [0.15, 0.2) is 0 Å². The third-order valence-electron chi connectivity index (χ3n) is 5.76. The number of amides is 2. The molecular weight excluding hydrogens is 442 g/mol. The molecule has 172 valence electrons. The summed E-state index contributed by atoms with van der Waals surface area (Å²) in [5, 5.41) is 4.88. The molecule has 2 amide bonds. The Morgan fingerprint density at radius 1 is 1.15 bits per heavy atom. The summed E-state index contributed by atoms with van der Waals surface area (Å²) < 4.78 is 11.6. The number of aryl methyl sites for hydroxylation is 1. The van der Waals surface area contributed by atoms with Gasteiger partial charge in [-0.2, -0.15) is 0 Å². The van der Waals surface area contributed by atoms with E-state index in [4.69, 9.17) is 9.47 Å². The lowest BCUT2D eigenvalue weighted by atomic mass is 9.81. The first-order valence-electron chi connectivity index (χ1n) is 10.4. The molecule has 1 aliphatic rings. The van der Waals surface area contributed by atoms with Gasteiger partial charge in [-0.1, -0.05) is 24.3 Å². The summed E-state index contributed by atoms with van der Waals surface area (Å²) in [6, 6.07) is 12.2. The predicted octanol–water partition coefficient (Wildman–Crippen LogP) is 3.44. The van der Waals surface area contributed by atoms with Crippen LogP contribution in [0.1, 0.15) is 43.2 Å². The molecule has 2 unspecified atom stereocenters. The maximum atomic E-state index is 13.7. The van der Waals surface area contributed by atoms with Crippen LogP contribution in [0.2, 0.25) is 0 Å². The first-order valence-corrected chi connectivity index (χ1v) is 11.3. The highest BCUT2D eigenvalue weighted by Gasteiger charge is 2.44. The summed E-state index contributed by atoms with van der Waals surface area (Å²) in [4.78, 5) is 41.7. The highest BCUT2D eigenvalue weighted by molar-refractivity contribution is 7.10. The number of benzene rings is 1. The van der Waals surface area contributed by atoms with Gasteiger partial charge in [0.1, 0.15) is 5.69 Å². The smallest absolute Gasteiger partial charge is 0.354 e. The van der Waals surface area contributed by atoms with Crippen LogP contribution in [0.25, 0.3) is 0 Å². The summed E-state index contributed by atoms with van der Waals surface area (Å²) in [5.41, 5.74) is 1.98. The van der Waals surface area contributed by atoms with Crippen molar-refractivity contribution < 1.29 is 23.9 Å². The van der Waals surface area contributed by atoms with Gasteiger partial charge in [0, 0.05) is 37.3 Å². The largest absolute Gasteiger partial charge is 0.464 e. The number of nitrogens with one attached hydrogen (secondary N) is 1. The van der Waals surface area contributed by atoms with Crippen LogP contribution in [0.15, 0.2) is 54.0 Å². The zero-order valence-electron chi connectivity index (χ0n) is 18.6. The number of methoxy groups -OCH3 is 2. The number of hydrogen-bond acceptors (Lipinski definition) is 6. The molecule has 0 spiro atoms. The van der Waals surface area contributed by atoms with Crippen molar-refractivity contribution in [1.29, 1.82) is 0 Å². The van der Waals surface area contributed by atoms with Crippen molar-refractivity contribution in [1.82, 2.24) is 9.47 Å². The fourth-order valence-electron chi connectivity index (χ4n) is 4.25. The van der Waals surface area contributed by atoms with Crippen molar-refractivity contribution >= 4 is 34.8 Å². The van der Waals surface area contributed by atoms with Crippen LogP contribution in [-0.2, 0) is 21.3 Å². The van der Waals surface area contributed by atoms with E-state index < -0.39 is 17.9 Å². The number of esters is 1. The molecule has 2 aromatic heterocycles. The number of rotatable bonds is 7. The minimum absolute atomic E-state index is 0.127. The van der Waals surface area contributed by atoms with Gasteiger partial charge >= 0.3 is 5.97 Å². The second kappa shape index (κ2) is 9.60. The Morgan fingerprint density at radius 2 is 1.94 bits per heavy atom. The Bertz CT molecular complexity index is 1170. The van der Waals surface area contributed by atoms with Crippen LogP contribution in [-0.4, -0.2) is 54.6 Å². The van der Waals surface area contributed by atoms with Crippen molar-refractivity contribution in [2.45, 2.75) is 12.0 Å². The molecule has 0 fully saturated rings. The second-order valence-electron chi connectivity index (χ2n) is 7.72. The molecule has 0 aliphatic carbocycles. The normalized spacial score (nSPS) is 17.5. The SMILES string of the molecule is COCCN1C(=O)c2ccccc2C(C(=O)Nc2cc(C(=O)OC)n(C)c2)C1c1cccs1. The van der Waals surface area contributed by atoms with Crippen LogP contribution in [0.5, 0.6) is 0 Å². The van der Waals surface area contributed by atoms with Crippen LogP contribution in [0.3, 0.4) is 0 Å². The van der Waals surface area contributed by atoms with Gasteiger partial charge in [0.25, 0.3) is 5.91 Å². The average Bonchev–Trinajstić information content (AvgIpc) is 3.47. The number of anilines is 1. The van der Waals surface area contributed by atoms with Crippen molar-refractivity contribution in [2.75, 3.05) is 32.7 Å². The van der Waals surface area contributed by atoms with Crippen LogP contribution in [0, 0.1) is 0 Å². The number of ether oxygens (including phenoxy) is 2. The molecule has 2 atom stereocenters. The number of hydrogen-bond donors (Lipinski definition) is 1. The van der Waals surface area contributed by atoms with Gasteiger partial charge in [0.05, 0.1) is 31.4 Å². The van der Waals surface area contributed by atoms with Gasteiger partial charge in [-0.3, -0.25) is 9.59 Å². The van der Waals surface area contributed by atoms with Crippen molar-refractivity contribution in [3.8, 4) is 0 Å². The summed E-state index contributed by atoms with van der Waals surface area (Å²) in [7, 11) is 4.60. The zero-order chi connectivity index (χ0) is 23.5. The molecule has 3 aromatic rings. The molecular formula is C24H25N3O5S. The van der Waals surface area contributed by atoms with E-state index in [-0.39, 0.29) is 11.8 Å². The number of nitrogens with zero attached hydrogens (tertiary/aromatic N) is 2. The van der Waals surface area contributed by atoms with E-state index in [1.165, 1.54) is 18.4 Å². The monoisotopic (exact) mass is 467 g/mol. The number of carbonyl (C=O) groups is 3. The molecule has 3 heterocycles. The van der Waals surface area contributed by atoms with Gasteiger partial charge in [-0.05, 0) is 29.1 Å². The van der Waals surface area contributed by atoms with E-state index in [1.807, 2.05) is 29.6 Å². The minimum atomic E-state index is -0.642. The van der Waals surface area contributed by atoms with E-state index in [2.05, 4.69) is 5.32 Å². The Balaban J connectivity index is 1.76. The van der Waals surface area contributed by atoms with Gasteiger partial charge in [-0.15, -0.1) is 11.3 Å². The van der Waals surface area contributed by atoms with Crippen molar-refractivity contribution in [3.63, 3.8) is 0 Å². The van der Waals surface area contributed by atoms with E-state index in [9.17, 15) is 14.4 Å². The predicted molar refractivity (Wildman–Crippen MR) is 125 cm³/mol. The fraction of sp³-hybridized carbons (Fsp3) is 0.292. The molecule has 8 nitrogen and oxygen atoms in total. The van der Waals surface area contributed by atoms with E-state index in [0.717, 1.165) is 4.88 Å². The van der Waals surface area contributed by atoms with Gasteiger partial charge in [0.2, 0.25) is 5.91 Å². The number of thiophene rings is 1. The summed E-state index contributed by atoms with van der Waals surface area (Å²) >= 11 is 1.50. The molecule has 0 bridgehead atoms. The maximum absolute atomic E-state index is 13.7. The van der Waals surface area contributed by atoms with Crippen LogP contribution < -0.4 is 5.32 Å². The molecule has 0 saturated heterocycles. The lowest BCUT2D eigenvalue weighted by Crippen LogP contribution is -2.47. The topological polar surface area (TPSA) is 89.9 Å². The zero-order valence-corrected chi connectivity index (χ0v) is 19.4. The van der Waals surface area contributed by atoms with Crippen molar-refractivity contribution in [3.05, 3.63) is 75.7 Å². The molecule has 1 aliphatic heterocycles. The molecule has 0 radical (unpaired) electrons. The summed E-state index contributed by atoms with van der Waals surface area (Å²) in [6.45, 7) is 0.707. The average molecular weight is 468 g/mol. The number of aromatic nitrogens is 1. The molecule has 0 saturated carbocycles. The molecule has 33 heavy (non-hydrogen) atoms. The highest BCUT2D eigenvalue weighted by Crippen LogP contribution is 2.44. The summed E-state index contributed by atoms with van der Waals surface area (Å²) in [6.07, 6.45) is 1.66. The lowest BCUT2D eigenvalue weighted by Gasteiger charge is -2.41. The number of fused-ring (bicyclic) bond motifs is 1. The Morgan fingerprint density at radius 3 is 2.64 bits per heavy atom. The van der Waals surface area contributed by atoms with E-state index in [0.29, 0.717) is 35.7 Å². The molecule has 1 N–H and O–H groups in total. The third kappa shape index (κ3) is 4.29. The number of carbonyl (C=O) groups excluding carboxylic acids is 3. The summed E-state index contributed by atoms with van der Waals surface area (Å²) in [5.74, 6) is -1.53. The Labute approximate surface area is 195 Å². The Kier molecular flexibility index (Phi) is 6.62. The maximum Gasteiger partial charge on any atom is 0.354 e. The van der Waals surface area contributed by atoms with Crippen LogP contribution in [0.4, 0.5) is 5.69 Å². The van der Waals surface area contributed by atoms with E-state index in [1.54, 1.807) is 48.0 Å². The molecule has 4 rings (SSSR count). The van der Waals surface area contributed by atoms with E-state index >= 15 is 0 Å².